The quantitative estimate of drug-likeness (QED) is 0.821. The van der Waals surface area contributed by atoms with Crippen molar-refractivity contribution in [3.05, 3.63) is 53.5 Å². The Bertz CT molecular complexity index is 777. The summed E-state index contributed by atoms with van der Waals surface area (Å²) in [7, 11) is 0. The van der Waals surface area contributed by atoms with Gasteiger partial charge in [-0.2, -0.15) is 13.2 Å². The second-order valence-corrected chi connectivity index (χ2v) is 6.29. The van der Waals surface area contributed by atoms with Crippen molar-refractivity contribution in [1.29, 1.82) is 0 Å². The summed E-state index contributed by atoms with van der Waals surface area (Å²) in [5.41, 5.74) is 0.701. The van der Waals surface area contributed by atoms with Crippen LogP contribution < -0.4 is 4.90 Å². The Morgan fingerprint density at radius 2 is 1.88 bits per heavy atom. The number of hydrogen-bond acceptors (Lipinski definition) is 4. The Balaban J connectivity index is 1.67. The topological polar surface area (TPSA) is 49.3 Å². The first-order valence-electron chi connectivity index (χ1n) is 8.34. The van der Waals surface area contributed by atoms with Gasteiger partial charge in [0.15, 0.2) is 0 Å². The third-order valence-corrected chi connectivity index (χ3v) is 4.30. The van der Waals surface area contributed by atoms with E-state index in [2.05, 4.69) is 9.97 Å². The van der Waals surface area contributed by atoms with Crippen LogP contribution >= 0.6 is 0 Å². The molecule has 0 N–H and O–H groups in total. The lowest BCUT2D eigenvalue weighted by molar-refractivity contribution is -0.137. The van der Waals surface area contributed by atoms with Crippen LogP contribution in [0.5, 0.6) is 0 Å². The van der Waals surface area contributed by atoms with Crippen LogP contribution in [-0.2, 0) is 6.18 Å². The highest BCUT2D eigenvalue weighted by atomic mass is 19.4. The summed E-state index contributed by atoms with van der Waals surface area (Å²) in [6.07, 6.45) is 0.414. The Kier molecular flexibility index (Phi) is 5.11. The fraction of sp³-hybridized carbons (Fsp3) is 0.389. The van der Waals surface area contributed by atoms with Crippen LogP contribution in [0.2, 0.25) is 0 Å². The number of anilines is 1. The molecule has 0 radical (unpaired) electrons. The Labute approximate surface area is 149 Å². The summed E-state index contributed by atoms with van der Waals surface area (Å²) in [5.74, 6) is 0.410. The maximum absolute atomic E-state index is 12.7. The number of pyridine rings is 2. The molecule has 2 aromatic rings. The Hall–Kier alpha value is -2.64. The van der Waals surface area contributed by atoms with Crippen molar-refractivity contribution in [2.75, 3.05) is 31.1 Å². The molecule has 138 valence electrons. The number of aromatic nitrogens is 2. The van der Waals surface area contributed by atoms with Crippen LogP contribution in [0.25, 0.3) is 0 Å². The van der Waals surface area contributed by atoms with E-state index in [4.69, 9.17) is 0 Å². The zero-order valence-electron chi connectivity index (χ0n) is 14.3. The second kappa shape index (κ2) is 7.31. The van der Waals surface area contributed by atoms with Gasteiger partial charge < -0.3 is 9.80 Å². The zero-order chi connectivity index (χ0) is 18.7. The van der Waals surface area contributed by atoms with E-state index in [0.717, 1.165) is 17.8 Å². The Morgan fingerprint density at radius 3 is 2.54 bits per heavy atom. The molecule has 0 saturated carbocycles. The first-order valence-corrected chi connectivity index (χ1v) is 8.34. The average molecular weight is 364 g/mol. The van der Waals surface area contributed by atoms with Crippen LogP contribution in [-0.4, -0.2) is 47.0 Å². The van der Waals surface area contributed by atoms with Crippen LogP contribution in [0.1, 0.15) is 27.9 Å². The summed E-state index contributed by atoms with van der Waals surface area (Å²) < 4.78 is 38.0. The number of hydrogen-bond donors (Lipinski definition) is 0. The molecule has 1 amide bonds. The number of carbonyl (C=O) groups excluding carboxylic acids is 1. The number of alkyl halides is 3. The minimum absolute atomic E-state index is 0.0802. The normalized spacial score (nSPS) is 15.7. The second-order valence-electron chi connectivity index (χ2n) is 6.29. The minimum atomic E-state index is -4.39. The largest absolute Gasteiger partial charge is 0.417 e. The molecule has 0 unspecified atom stereocenters. The van der Waals surface area contributed by atoms with E-state index in [1.807, 2.05) is 11.8 Å². The molecule has 3 heterocycles. The lowest BCUT2D eigenvalue weighted by atomic mass is 10.2. The molecule has 0 bridgehead atoms. The molecule has 5 nitrogen and oxygen atoms in total. The van der Waals surface area contributed by atoms with Gasteiger partial charge in [-0.25, -0.2) is 4.98 Å². The van der Waals surface area contributed by atoms with Gasteiger partial charge in [0.25, 0.3) is 5.91 Å². The number of aryl methyl sites for hydroxylation is 1. The van der Waals surface area contributed by atoms with Gasteiger partial charge in [0.05, 0.1) is 11.1 Å². The van der Waals surface area contributed by atoms with Gasteiger partial charge in [-0.15, -0.1) is 0 Å². The molecular formula is C18H19F3N4O. The van der Waals surface area contributed by atoms with E-state index in [0.29, 0.717) is 44.0 Å². The van der Waals surface area contributed by atoms with E-state index in [9.17, 15) is 18.0 Å². The lowest BCUT2D eigenvalue weighted by Gasteiger charge is -2.23. The van der Waals surface area contributed by atoms with Crippen LogP contribution in [0.3, 0.4) is 0 Å². The number of carbonyl (C=O) groups is 1. The third kappa shape index (κ3) is 4.12. The van der Waals surface area contributed by atoms with Gasteiger partial charge in [0.1, 0.15) is 5.82 Å². The van der Waals surface area contributed by atoms with Crippen molar-refractivity contribution in [2.45, 2.75) is 19.5 Å². The molecule has 0 aliphatic carbocycles. The van der Waals surface area contributed by atoms with Crippen molar-refractivity contribution >= 4 is 11.7 Å². The summed E-state index contributed by atoms with van der Waals surface area (Å²) in [5, 5.41) is 0. The summed E-state index contributed by atoms with van der Waals surface area (Å²) in [6, 6.07) is 4.22. The number of amides is 1. The van der Waals surface area contributed by atoms with Crippen LogP contribution in [0, 0.1) is 6.92 Å². The fourth-order valence-corrected chi connectivity index (χ4v) is 2.94. The third-order valence-electron chi connectivity index (χ3n) is 4.30. The van der Waals surface area contributed by atoms with Gasteiger partial charge in [-0.05, 0) is 37.1 Å². The van der Waals surface area contributed by atoms with Gasteiger partial charge in [-0.1, -0.05) is 0 Å². The molecule has 8 heteroatoms. The van der Waals surface area contributed by atoms with Crippen molar-refractivity contribution in [2.24, 2.45) is 0 Å². The smallest absolute Gasteiger partial charge is 0.355 e. The molecule has 1 saturated heterocycles. The number of rotatable bonds is 2. The van der Waals surface area contributed by atoms with E-state index in [1.165, 1.54) is 6.07 Å². The molecule has 1 aliphatic heterocycles. The maximum Gasteiger partial charge on any atom is 0.417 e. The van der Waals surface area contributed by atoms with Crippen molar-refractivity contribution in [1.82, 2.24) is 14.9 Å². The van der Waals surface area contributed by atoms with Crippen LogP contribution in [0.4, 0.5) is 19.0 Å². The molecule has 26 heavy (non-hydrogen) atoms. The summed E-state index contributed by atoms with van der Waals surface area (Å²) in [4.78, 5) is 24.3. The molecule has 2 aromatic heterocycles. The molecule has 0 spiro atoms. The molecule has 0 aromatic carbocycles. The highest BCUT2D eigenvalue weighted by Gasteiger charge is 2.31. The van der Waals surface area contributed by atoms with Gasteiger partial charge in [-0.3, -0.25) is 9.78 Å². The molecule has 1 aliphatic rings. The number of halogens is 3. The number of nitrogens with zero attached hydrogens (tertiary/aromatic N) is 4. The molecule has 0 atom stereocenters. The highest BCUT2D eigenvalue weighted by molar-refractivity contribution is 5.94. The lowest BCUT2D eigenvalue weighted by Crippen LogP contribution is -2.35. The van der Waals surface area contributed by atoms with Crippen molar-refractivity contribution < 1.29 is 18.0 Å². The maximum atomic E-state index is 12.7. The first-order chi connectivity index (χ1) is 12.3. The van der Waals surface area contributed by atoms with E-state index in [1.54, 1.807) is 23.4 Å². The predicted octanol–water partition coefficient (Wildman–Crippen LogP) is 3.16. The van der Waals surface area contributed by atoms with Gasteiger partial charge >= 0.3 is 6.18 Å². The monoisotopic (exact) mass is 364 g/mol. The van der Waals surface area contributed by atoms with Crippen LogP contribution in [0.15, 0.2) is 36.8 Å². The highest BCUT2D eigenvalue weighted by Crippen LogP contribution is 2.29. The molecular weight excluding hydrogens is 345 g/mol. The predicted molar refractivity (Wildman–Crippen MR) is 90.9 cm³/mol. The van der Waals surface area contributed by atoms with E-state index in [-0.39, 0.29) is 5.91 Å². The van der Waals surface area contributed by atoms with Gasteiger partial charge in [0.2, 0.25) is 0 Å². The Morgan fingerprint density at radius 1 is 1.08 bits per heavy atom. The van der Waals surface area contributed by atoms with Crippen molar-refractivity contribution in [3.63, 3.8) is 0 Å². The van der Waals surface area contributed by atoms with E-state index < -0.39 is 11.7 Å². The summed E-state index contributed by atoms with van der Waals surface area (Å²) in [6.45, 7) is 4.10. The molecule has 3 rings (SSSR count). The summed E-state index contributed by atoms with van der Waals surface area (Å²) >= 11 is 0. The average Bonchev–Trinajstić information content (AvgIpc) is 2.86. The first kappa shape index (κ1) is 18.2. The minimum Gasteiger partial charge on any atom is -0.355 e. The molecule has 1 fully saturated rings. The van der Waals surface area contributed by atoms with Crippen molar-refractivity contribution in [3.8, 4) is 0 Å². The zero-order valence-corrected chi connectivity index (χ0v) is 14.3. The van der Waals surface area contributed by atoms with Gasteiger partial charge in [0, 0.05) is 44.8 Å². The van der Waals surface area contributed by atoms with E-state index >= 15 is 0 Å². The SMILES string of the molecule is Cc1cncc(C(=O)N2CCCN(c3ccc(C(F)(F)F)cn3)CC2)c1. The fourth-order valence-electron chi connectivity index (χ4n) is 2.94. The standard InChI is InChI=1S/C18H19F3N4O/c1-13-9-14(11-22-10-13)17(26)25-6-2-5-24(7-8-25)16-4-3-15(12-23-16)18(19,20)21/h3-4,9-12H,2,5-8H2,1H3.